The van der Waals surface area contributed by atoms with Crippen LogP contribution in [0.1, 0.15) is 39.0 Å². The summed E-state index contributed by atoms with van der Waals surface area (Å²) < 4.78 is 0. The Morgan fingerprint density at radius 2 is 1.55 bits per heavy atom. The van der Waals surface area contributed by atoms with Crippen LogP contribution < -0.4 is 0 Å². The van der Waals surface area contributed by atoms with Gasteiger partial charge in [-0.1, -0.05) is 48.2 Å². The molecule has 0 unspecified atom stereocenters. The molecule has 3 aromatic carbocycles. The monoisotopic (exact) mass is 375 g/mol. The highest BCUT2D eigenvalue weighted by molar-refractivity contribution is 6.04. The van der Waals surface area contributed by atoms with Gasteiger partial charge in [-0.2, -0.15) is 10.4 Å². The van der Waals surface area contributed by atoms with Crippen molar-refractivity contribution in [2.75, 3.05) is 6.54 Å². The largest absolute Gasteiger partial charge is 0.274 e. The van der Waals surface area contributed by atoms with Crippen molar-refractivity contribution in [2.24, 2.45) is 5.10 Å². The van der Waals surface area contributed by atoms with Crippen molar-refractivity contribution in [1.29, 1.82) is 5.26 Å². The van der Waals surface area contributed by atoms with Crippen molar-refractivity contribution in [1.82, 2.24) is 5.01 Å². The van der Waals surface area contributed by atoms with Crippen LogP contribution in [-0.2, 0) is 0 Å². The molecule has 3 aromatic rings. The number of nitriles is 1. The molecule has 0 fully saturated rings. The number of carbonyl (C=O) groups excluding carboxylic acids is 1. The first-order chi connectivity index (χ1) is 14.2. The van der Waals surface area contributed by atoms with Crippen molar-refractivity contribution < 1.29 is 4.79 Å². The average molecular weight is 375 g/mol. The number of hydrogen-bond acceptors (Lipinski definition) is 3. The van der Waals surface area contributed by atoms with Crippen molar-refractivity contribution in [2.45, 2.75) is 6.42 Å². The van der Waals surface area contributed by atoms with E-state index in [1.807, 2.05) is 54.6 Å². The average Bonchev–Trinajstić information content (AvgIpc) is 3.28. The quantitative estimate of drug-likeness (QED) is 0.630. The van der Waals surface area contributed by atoms with E-state index < -0.39 is 0 Å². The van der Waals surface area contributed by atoms with E-state index in [9.17, 15) is 4.79 Å². The molecular weight excluding hydrogens is 358 g/mol. The molecule has 0 aliphatic carbocycles. The number of benzene rings is 3. The summed E-state index contributed by atoms with van der Waals surface area (Å²) >= 11 is 0. The number of amides is 1. The van der Waals surface area contributed by atoms with E-state index >= 15 is 0 Å². The fourth-order valence-electron chi connectivity index (χ4n) is 3.09. The Labute approximate surface area is 169 Å². The standard InChI is InChI=1S/C25H17N3O/c26-18-21-7-4-8-23(17-21)25(29)28-16-15-24(27-28)22-13-11-20(12-14-22)10-9-19-5-2-1-3-6-19/h1-8,11-14,17H,15-16H2. The van der Waals surface area contributed by atoms with Crippen molar-refractivity contribution in [3.8, 4) is 17.9 Å². The molecule has 0 saturated carbocycles. The SMILES string of the molecule is N#Cc1cccc(C(=O)N2CCC(c3ccc(C#Cc4ccccc4)cc3)=N2)c1. The minimum Gasteiger partial charge on any atom is -0.267 e. The number of carbonyl (C=O) groups is 1. The van der Waals surface area contributed by atoms with Crippen molar-refractivity contribution in [3.63, 3.8) is 0 Å². The topological polar surface area (TPSA) is 56.5 Å². The van der Waals surface area contributed by atoms with Crippen LogP contribution in [0.4, 0.5) is 0 Å². The first kappa shape index (κ1) is 18.2. The minimum atomic E-state index is -0.192. The van der Waals surface area contributed by atoms with Gasteiger partial charge < -0.3 is 0 Å². The molecule has 4 heteroatoms. The fraction of sp³-hybridized carbons (Fsp3) is 0.0800. The first-order valence-corrected chi connectivity index (χ1v) is 9.30. The Hall–Kier alpha value is -4.15. The van der Waals surface area contributed by atoms with Crippen LogP contribution in [0.5, 0.6) is 0 Å². The molecule has 1 heterocycles. The van der Waals surface area contributed by atoms with Gasteiger partial charge in [0.15, 0.2) is 0 Å². The lowest BCUT2D eigenvalue weighted by Crippen LogP contribution is -2.23. The van der Waals surface area contributed by atoms with Crippen molar-refractivity contribution >= 4 is 11.6 Å². The van der Waals surface area contributed by atoms with E-state index in [0.29, 0.717) is 24.1 Å². The second-order valence-corrected chi connectivity index (χ2v) is 6.61. The van der Waals surface area contributed by atoms with Gasteiger partial charge in [0, 0.05) is 23.1 Å². The molecular formula is C25H17N3O. The molecule has 0 N–H and O–H groups in total. The molecule has 29 heavy (non-hydrogen) atoms. The molecule has 0 bridgehead atoms. The van der Waals surface area contributed by atoms with E-state index in [2.05, 4.69) is 23.0 Å². The van der Waals surface area contributed by atoms with Gasteiger partial charge in [0.05, 0.1) is 23.9 Å². The maximum Gasteiger partial charge on any atom is 0.274 e. The Balaban J connectivity index is 1.48. The second-order valence-electron chi connectivity index (χ2n) is 6.61. The molecule has 1 amide bonds. The molecule has 4 nitrogen and oxygen atoms in total. The molecule has 0 aromatic heterocycles. The Morgan fingerprint density at radius 3 is 2.28 bits per heavy atom. The number of rotatable bonds is 2. The van der Waals surface area contributed by atoms with Gasteiger partial charge in [0.2, 0.25) is 0 Å². The van der Waals surface area contributed by atoms with Crippen LogP contribution in [0.2, 0.25) is 0 Å². The van der Waals surface area contributed by atoms with Gasteiger partial charge in [-0.25, -0.2) is 5.01 Å². The first-order valence-electron chi connectivity index (χ1n) is 9.30. The zero-order valence-corrected chi connectivity index (χ0v) is 15.7. The van der Waals surface area contributed by atoms with Crippen molar-refractivity contribution in [3.05, 3.63) is 107 Å². The second kappa shape index (κ2) is 8.25. The van der Waals surface area contributed by atoms with Crippen LogP contribution in [-0.4, -0.2) is 23.2 Å². The lowest BCUT2D eigenvalue weighted by Gasteiger charge is -2.11. The summed E-state index contributed by atoms with van der Waals surface area (Å²) in [6.45, 7) is 0.528. The third kappa shape index (κ3) is 4.24. The predicted molar refractivity (Wildman–Crippen MR) is 112 cm³/mol. The Bertz CT molecular complexity index is 1180. The molecule has 0 spiro atoms. The van der Waals surface area contributed by atoms with Gasteiger partial charge in [0.1, 0.15) is 0 Å². The lowest BCUT2D eigenvalue weighted by atomic mass is 10.1. The summed E-state index contributed by atoms with van der Waals surface area (Å²) in [6.07, 6.45) is 0.693. The summed E-state index contributed by atoms with van der Waals surface area (Å²) in [5, 5.41) is 15.0. The van der Waals surface area contributed by atoms with Crippen LogP contribution in [0.3, 0.4) is 0 Å². The zero-order chi connectivity index (χ0) is 20.1. The minimum absolute atomic E-state index is 0.192. The van der Waals surface area contributed by atoms with E-state index in [0.717, 1.165) is 22.4 Å². The predicted octanol–water partition coefficient (Wildman–Crippen LogP) is 4.21. The fourth-order valence-corrected chi connectivity index (χ4v) is 3.09. The molecule has 1 aliphatic rings. The van der Waals surface area contributed by atoms with Gasteiger partial charge in [-0.3, -0.25) is 4.79 Å². The molecule has 0 radical (unpaired) electrons. The van der Waals surface area contributed by atoms with Crippen LogP contribution >= 0.6 is 0 Å². The van der Waals surface area contributed by atoms with Crippen LogP contribution in [0, 0.1) is 23.2 Å². The number of nitrogens with zero attached hydrogens (tertiary/aromatic N) is 3. The van der Waals surface area contributed by atoms with Gasteiger partial charge >= 0.3 is 0 Å². The van der Waals surface area contributed by atoms with Gasteiger partial charge in [0.25, 0.3) is 5.91 Å². The van der Waals surface area contributed by atoms with Gasteiger partial charge in [-0.15, -0.1) is 0 Å². The Kier molecular flexibility index (Phi) is 5.18. The highest BCUT2D eigenvalue weighted by Crippen LogP contribution is 2.17. The van der Waals surface area contributed by atoms with E-state index in [4.69, 9.17) is 5.26 Å². The van der Waals surface area contributed by atoms with Gasteiger partial charge in [-0.05, 0) is 48.0 Å². The maximum absolute atomic E-state index is 12.7. The zero-order valence-electron chi connectivity index (χ0n) is 15.7. The number of hydrazone groups is 1. The number of hydrogen-bond donors (Lipinski definition) is 0. The smallest absolute Gasteiger partial charge is 0.267 e. The summed E-state index contributed by atoms with van der Waals surface area (Å²) in [7, 11) is 0. The lowest BCUT2D eigenvalue weighted by molar-refractivity contribution is 0.0778. The maximum atomic E-state index is 12.7. The normalized spacial score (nSPS) is 12.5. The third-order valence-corrected chi connectivity index (χ3v) is 4.62. The van der Waals surface area contributed by atoms with E-state index in [-0.39, 0.29) is 5.91 Å². The van der Waals surface area contributed by atoms with Crippen LogP contribution in [0.25, 0.3) is 0 Å². The van der Waals surface area contributed by atoms with Crippen LogP contribution in [0.15, 0.2) is 84.0 Å². The molecule has 0 atom stereocenters. The summed E-state index contributed by atoms with van der Waals surface area (Å²) in [6, 6.07) is 26.5. The molecule has 0 saturated heterocycles. The highest BCUT2D eigenvalue weighted by atomic mass is 16.2. The molecule has 4 rings (SSSR count). The summed E-state index contributed by atoms with van der Waals surface area (Å²) in [5.74, 6) is 6.11. The van der Waals surface area contributed by atoms with E-state index in [1.165, 1.54) is 5.01 Å². The molecule has 1 aliphatic heterocycles. The molecule has 138 valence electrons. The van der Waals surface area contributed by atoms with E-state index in [1.54, 1.807) is 24.3 Å². The summed E-state index contributed by atoms with van der Waals surface area (Å²) in [5.41, 5.74) is 4.70. The highest BCUT2D eigenvalue weighted by Gasteiger charge is 2.22. The third-order valence-electron chi connectivity index (χ3n) is 4.62. The summed E-state index contributed by atoms with van der Waals surface area (Å²) in [4.78, 5) is 12.7. The Morgan fingerprint density at radius 1 is 0.862 bits per heavy atom.